The van der Waals surface area contributed by atoms with Crippen LogP contribution in [0.2, 0.25) is 0 Å². The van der Waals surface area contributed by atoms with E-state index in [2.05, 4.69) is 20.8 Å². The topological polar surface area (TPSA) is 112 Å². The molecule has 0 aromatic rings. The van der Waals surface area contributed by atoms with Crippen LogP contribution >= 0.6 is 0 Å². The van der Waals surface area contributed by atoms with Crippen LogP contribution < -0.4 is 0 Å². The first-order valence-corrected chi connectivity index (χ1v) is 15.0. The van der Waals surface area contributed by atoms with Crippen molar-refractivity contribution in [1.29, 1.82) is 0 Å². The first-order valence-electron chi connectivity index (χ1n) is 15.0. The van der Waals surface area contributed by atoms with Crippen molar-refractivity contribution in [3.8, 4) is 0 Å². The van der Waals surface area contributed by atoms with E-state index in [1.165, 1.54) is 96.3 Å². The van der Waals surface area contributed by atoms with Crippen molar-refractivity contribution in [3.63, 3.8) is 0 Å². The molecule has 7 heteroatoms. The molecule has 0 rings (SSSR count). The first kappa shape index (κ1) is 43.8. The minimum Gasteiger partial charge on any atom is -0.481 e. The van der Waals surface area contributed by atoms with E-state index in [9.17, 15) is 14.4 Å². The van der Waals surface area contributed by atoms with Crippen molar-refractivity contribution in [2.45, 2.75) is 175 Å². The summed E-state index contributed by atoms with van der Waals surface area (Å²) in [6.07, 6.45) is 25.9. The molecule has 222 valence electrons. The molecule has 0 aliphatic heterocycles. The predicted octanol–water partition coefficient (Wildman–Crippen LogP) is 9.64. The van der Waals surface area contributed by atoms with Gasteiger partial charge in [-0.1, -0.05) is 136 Å². The number of hydrogen-bond donors (Lipinski definition) is 3. The average Bonchev–Trinajstić information content (AvgIpc) is 2.83. The molecule has 0 heterocycles. The van der Waals surface area contributed by atoms with Crippen molar-refractivity contribution in [2.75, 3.05) is 0 Å². The molecule has 0 aromatic heterocycles. The number of hydrogen-bond acceptors (Lipinski definition) is 3. The monoisotopic (exact) mass is 668 g/mol. The maximum Gasteiger partial charge on any atom is 0.303 e. The van der Waals surface area contributed by atoms with E-state index in [1.54, 1.807) is 0 Å². The van der Waals surface area contributed by atoms with Gasteiger partial charge in [-0.15, -0.1) is 0 Å². The van der Waals surface area contributed by atoms with Gasteiger partial charge in [-0.2, -0.15) is 0 Å². The van der Waals surface area contributed by atoms with Crippen LogP contribution in [0.1, 0.15) is 175 Å². The molecular formula is C30H60O6Sm. The van der Waals surface area contributed by atoms with Crippen LogP contribution in [0.15, 0.2) is 0 Å². The van der Waals surface area contributed by atoms with Gasteiger partial charge >= 0.3 is 17.9 Å². The van der Waals surface area contributed by atoms with E-state index in [1.807, 2.05) is 0 Å². The smallest absolute Gasteiger partial charge is 0.303 e. The summed E-state index contributed by atoms with van der Waals surface area (Å²) in [5.74, 6) is -1.99. The zero-order valence-corrected chi connectivity index (χ0v) is 27.1. The van der Waals surface area contributed by atoms with E-state index >= 15 is 0 Å². The summed E-state index contributed by atoms with van der Waals surface area (Å²) in [4.78, 5) is 30.4. The summed E-state index contributed by atoms with van der Waals surface area (Å²) in [6, 6.07) is 0. The third kappa shape index (κ3) is 56.9. The van der Waals surface area contributed by atoms with Gasteiger partial charge in [0, 0.05) is 59.7 Å². The molecule has 0 bridgehead atoms. The fraction of sp³-hybridized carbons (Fsp3) is 0.900. The minimum atomic E-state index is -0.663. The van der Waals surface area contributed by atoms with Gasteiger partial charge in [0.15, 0.2) is 0 Å². The first-order chi connectivity index (χ1) is 17.3. The number of carboxylic acids is 3. The van der Waals surface area contributed by atoms with Crippen molar-refractivity contribution in [2.24, 2.45) is 0 Å². The molecule has 0 radical (unpaired) electrons. The van der Waals surface area contributed by atoms with Crippen LogP contribution in [-0.4, -0.2) is 33.2 Å². The van der Waals surface area contributed by atoms with Crippen molar-refractivity contribution in [3.05, 3.63) is 0 Å². The van der Waals surface area contributed by atoms with Gasteiger partial charge in [-0.3, -0.25) is 14.4 Å². The van der Waals surface area contributed by atoms with Gasteiger partial charge in [0.05, 0.1) is 0 Å². The molecule has 0 aliphatic carbocycles. The van der Waals surface area contributed by atoms with Gasteiger partial charge < -0.3 is 15.3 Å². The molecule has 0 fully saturated rings. The Hall–Kier alpha value is -0.252. The van der Waals surface area contributed by atoms with Crippen LogP contribution in [0.5, 0.6) is 0 Å². The Morgan fingerprint density at radius 1 is 0.351 bits per heavy atom. The quantitative estimate of drug-likeness (QED) is 0.0885. The Morgan fingerprint density at radius 2 is 0.514 bits per heavy atom. The minimum absolute atomic E-state index is 0. The van der Waals surface area contributed by atoms with Gasteiger partial charge in [0.1, 0.15) is 0 Å². The number of aliphatic carboxylic acids is 3. The Balaban J connectivity index is -0.000000218. The molecule has 0 saturated carbocycles. The fourth-order valence-corrected chi connectivity index (χ4v) is 3.70. The summed E-state index contributed by atoms with van der Waals surface area (Å²) in [6.45, 7) is 6.60. The summed E-state index contributed by atoms with van der Waals surface area (Å²) in [5.41, 5.74) is 0. The second kappa shape index (κ2) is 40.2. The Bertz CT molecular complexity index is 404. The van der Waals surface area contributed by atoms with Crippen LogP contribution in [0.25, 0.3) is 0 Å². The third-order valence-electron chi connectivity index (χ3n) is 5.98. The van der Waals surface area contributed by atoms with Crippen molar-refractivity contribution in [1.82, 2.24) is 0 Å². The van der Waals surface area contributed by atoms with E-state index in [0.717, 1.165) is 38.5 Å². The molecule has 0 atom stereocenters. The molecule has 0 spiro atoms. The Morgan fingerprint density at radius 3 is 0.676 bits per heavy atom. The largest absolute Gasteiger partial charge is 0.481 e. The molecule has 37 heavy (non-hydrogen) atoms. The van der Waals surface area contributed by atoms with Crippen LogP contribution in [-0.2, 0) is 14.4 Å². The molecule has 0 saturated heterocycles. The second-order valence-electron chi connectivity index (χ2n) is 9.80. The van der Waals surface area contributed by atoms with Crippen molar-refractivity contribution < 1.29 is 70.1 Å². The zero-order chi connectivity index (χ0) is 27.7. The van der Waals surface area contributed by atoms with Crippen LogP contribution in [0, 0.1) is 40.4 Å². The molecule has 3 N–H and O–H groups in total. The molecule has 0 unspecified atom stereocenters. The maximum absolute atomic E-state index is 10.1. The molecule has 6 nitrogen and oxygen atoms in total. The zero-order valence-electron chi connectivity index (χ0n) is 24.4. The average molecular weight is 667 g/mol. The normalized spacial score (nSPS) is 9.81. The van der Waals surface area contributed by atoms with Gasteiger partial charge in [-0.05, 0) is 19.3 Å². The van der Waals surface area contributed by atoms with Gasteiger partial charge in [0.2, 0.25) is 0 Å². The van der Waals surface area contributed by atoms with Crippen molar-refractivity contribution >= 4 is 17.9 Å². The molecule has 0 aliphatic rings. The van der Waals surface area contributed by atoms with E-state index < -0.39 is 17.9 Å². The molecule has 0 aromatic carbocycles. The van der Waals surface area contributed by atoms with E-state index in [4.69, 9.17) is 15.3 Å². The molecule has 0 amide bonds. The number of carbonyl (C=O) groups is 3. The summed E-state index contributed by atoms with van der Waals surface area (Å²) < 4.78 is 0. The predicted molar refractivity (Wildman–Crippen MR) is 151 cm³/mol. The van der Waals surface area contributed by atoms with Crippen LogP contribution in [0.4, 0.5) is 0 Å². The maximum atomic E-state index is 10.1. The number of rotatable bonds is 24. The summed E-state index contributed by atoms with van der Waals surface area (Å²) in [7, 11) is 0. The van der Waals surface area contributed by atoms with Gasteiger partial charge in [-0.25, -0.2) is 0 Å². The van der Waals surface area contributed by atoms with E-state index in [-0.39, 0.29) is 40.4 Å². The van der Waals surface area contributed by atoms with Crippen LogP contribution in [0.3, 0.4) is 0 Å². The summed E-state index contributed by atoms with van der Waals surface area (Å²) in [5, 5.41) is 25.1. The second-order valence-corrected chi connectivity index (χ2v) is 9.80. The Kier molecular flexibility index (Phi) is 47.6. The van der Waals surface area contributed by atoms with E-state index in [0.29, 0.717) is 19.3 Å². The molecular weight excluding hydrogens is 607 g/mol. The standard InChI is InChI=1S/3C10H20O2.Sm/c3*1-2-3-4-5-6-7-8-9-10(11)12;/h3*2-9H2,1H3,(H,11,12);. The number of carboxylic acid groups (broad SMARTS) is 3. The number of unbranched alkanes of at least 4 members (excludes halogenated alkanes) is 18. The van der Waals surface area contributed by atoms with Gasteiger partial charge in [0.25, 0.3) is 0 Å². The summed E-state index contributed by atoms with van der Waals surface area (Å²) >= 11 is 0. The SMILES string of the molecule is CCCCCCCCCC(=O)O.CCCCCCCCCC(=O)O.CCCCCCCCCC(=O)O.[Sm]. The fourth-order valence-electron chi connectivity index (χ4n) is 3.70. The Labute approximate surface area is 261 Å². The third-order valence-corrected chi connectivity index (χ3v) is 5.98.